The van der Waals surface area contributed by atoms with Gasteiger partial charge in [-0.25, -0.2) is 4.79 Å². The van der Waals surface area contributed by atoms with E-state index in [-0.39, 0.29) is 12.1 Å². The molecule has 2 saturated heterocycles. The lowest BCUT2D eigenvalue weighted by Crippen LogP contribution is -2.58. The zero-order chi connectivity index (χ0) is 14.1. The largest absolute Gasteiger partial charge is 0.481 e. The summed E-state index contributed by atoms with van der Waals surface area (Å²) in [4.78, 5) is 20.1. The lowest BCUT2D eigenvalue weighted by atomic mass is 10.1. The highest BCUT2D eigenvalue weighted by Crippen LogP contribution is 2.27. The Hall–Kier alpha value is -1.50. The molecule has 1 aromatic rings. The summed E-state index contributed by atoms with van der Waals surface area (Å²) in [6.07, 6.45) is 0.675. The van der Waals surface area contributed by atoms with E-state index in [0.717, 1.165) is 29.8 Å². The number of hydrogen-bond acceptors (Lipinski definition) is 5. The van der Waals surface area contributed by atoms with E-state index in [1.165, 1.54) is 0 Å². The number of ether oxygens (including phenoxy) is 2. The molecule has 0 N–H and O–H groups in total. The number of carbonyl (C=O) groups is 1. The number of methoxy groups -OCH3 is 1. The molecule has 6 nitrogen and oxygen atoms in total. The van der Waals surface area contributed by atoms with Crippen molar-refractivity contribution in [1.29, 1.82) is 0 Å². The minimum atomic E-state index is -0.194. The predicted molar refractivity (Wildman–Crippen MR) is 77.2 cm³/mol. The Bertz CT molecular complexity index is 526. The van der Waals surface area contributed by atoms with Crippen molar-refractivity contribution in [1.82, 2.24) is 9.88 Å². The number of carbonyl (C=O) groups excluding carboxylic acids is 1. The number of fused-ring (bicyclic) bond motifs is 1. The molecule has 0 aromatic carbocycles. The van der Waals surface area contributed by atoms with Crippen LogP contribution in [0.2, 0.25) is 0 Å². The van der Waals surface area contributed by atoms with E-state index in [1.807, 2.05) is 17.0 Å². The van der Waals surface area contributed by atoms with Gasteiger partial charge in [-0.15, -0.1) is 0 Å². The van der Waals surface area contributed by atoms with E-state index in [4.69, 9.17) is 9.47 Å². The van der Waals surface area contributed by atoms with Crippen molar-refractivity contribution in [3.05, 3.63) is 16.6 Å². The first-order valence-electron chi connectivity index (χ1n) is 6.57. The molecule has 3 heterocycles. The Kier molecular flexibility index (Phi) is 3.69. The molecule has 2 fully saturated rings. The van der Waals surface area contributed by atoms with Gasteiger partial charge in [-0.3, -0.25) is 0 Å². The molecule has 108 valence electrons. The van der Waals surface area contributed by atoms with Gasteiger partial charge < -0.3 is 19.3 Å². The van der Waals surface area contributed by atoms with Crippen molar-refractivity contribution in [2.45, 2.75) is 12.5 Å². The normalized spacial score (nSPS) is 22.3. The summed E-state index contributed by atoms with van der Waals surface area (Å²) in [6, 6.07) is 4.01. The van der Waals surface area contributed by atoms with Crippen molar-refractivity contribution < 1.29 is 14.3 Å². The number of aromatic nitrogens is 1. The fourth-order valence-electron chi connectivity index (χ4n) is 2.64. The van der Waals surface area contributed by atoms with Gasteiger partial charge >= 0.3 is 6.09 Å². The van der Waals surface area contributed by atoms with Crippen LogP contribution in [0.4, 0.5) is 10.6 Å². The molecule has 0 bridgehead atoms. The Balaban J connectivity index is 1.79. The third kappa shape index (κ3) is 2.54. The van der Waals surface area contributed by atoms with Crippen molar-refractivity contribution in [3.8, 4) is 5.88 Å². The lowest BCUT2D eigenvalue weighted by Gasteiger charge is -2.43. The number of anilines is 1. The summed E-state index contributed by atoms with van der Waals surface area (Å²) in [5.41, 5.74) is 0. The van der Waals surface area contributed by atoms with Gasteiger partial charge in [0.05, 0.1) is 19.8 Å². The topological polar surface area (TPSA) is 54.9 Å². The van der Waals surface area contributed by atoms with E-state index in [2.05, 4.69) is 25.8 Å². The zero-order valence-corrected chi connectivity index (χ0v) is 12.8. The molecule has 1 unspecified atom stereocenters. The van der Waals surface area contributed by atoms with Crippen LogP contribution in [0.3, 0.4) is 0 Å². The third-order valence-electron chi connectivity index (χ3n) is 3.68. The monoisotopic (exact) mass is 341 g/mol. The second kappa shape index (κ2) is 5.47. The van der Waals surface area contributed by atoms with Gasteiger partial charge in [0.25, 0.3) is 0 Å². The van der Waals surface area contributed by atoms with Crippen LogP contribution in [0.1, 0.15) is 6.42 Å². The Morgan fingerprint density at radius 2 is 2.30 bits per heavy atom. The lowest BCUT2D eigenvalue weighted by molar-refractivity contribution is 0.0397. The first kappa shape index (κ1) is 13.5. The first-order chi connectivity index (χ1) is 9.67. The van der Waals surface area contributed by atoms with Gasteiger partial charge in [0.1, 0.15) is 5.82 Å². The molecular weight excluding hydrogens is 326 g/mol. The Morgan fingerprint density at radius 1 is 1.45 bits per heavy atom. The average molecular weight is 342 g/mol. The number of pyridine rings is 1. The summed E-state index contributed by atoms with van der Waals surface area (Å²) >= 11 is 3.47. The molecular formula is C13H16BrN3O3. The van der Waals surface area contributed by atoms with Crippen LogP contribution in [-0.2, 0) is 4.74 Å². The van der Waals surface area contributed by atoms with Crippen LogP contribution >= 0.6 is 15.9 Å². The second-order valence-corrected chi connectivity index (χ2v) is 5.80. The maximum atomic E-state index is 11.7. The summed E-state index contributed by atoms with van der Waals surface area (Å²) in [7, 11) is 1.60. The van der Waals surface area contributed by atoms with E-state index < -0.39 is 0 Å². The highest BCUT2D eigenvalue weighted by molar-refractivity contribution is 9.10. The highest BCUT2D eigenvalue weighted by atomic mass is 79.9. The number of piperazine rings is 1. The SMILES string of the molecule is COc1cc(Br)cc(N2CCN3C(=O)OCCC3C2)n1. The van der Waals surface area contributed by atoms with Gasteiger partial charge in [0.15, 0.2) is 0 Å². The molecule has 0 aliphatic carbocycles. The minimum Gasteiger partial charge on any atom is -0.481 e. The Morgan fingerprint density at radius 3 is 3.10 bits per heavy atom. The number of nitrogens with zero attached hydrogens (tertiary/aromatic N) is 3. The van der Waals surface area contributed by atoms with Gasteiger partial charge in [-0.1, -0.05) is 15.9 Å². The van der Waals surface area contributed by atoms with Crippen LogP contribution in [0.5, 0.6) is 5.88 Å². The number of halogens is 1. The maximum Gasteiger partial charge on any atom is 0.410 e. The fourth-order valence-corrected chi connectivity index (χ4v) is 3.04. The highest BCUT2D eigenvalue weighted by Gasteiger charge is 2.35. The molecule has 1 amide bonds. The van der Waals surface area contributed by atoms with Crippen molar-refractivity contribution in [2.75, 3.05) is 38.3 Å². The summed E-state index contributed by atoms with van der Waals surface area (Å²) in [5.74, 6) is 1.45. The van der Waals surface area contributed by atoms with Gasteiger partial charge in [-0.2, -0.15) is 4.98 Å². The smallest absolute Gasteiger partial charge is 0.410 e. The Labute approximate surface area is 125 Å². The molecule has 2 aliphatic rings. The molecule has 0 saturated carbocycles. The van der Waals surface area contributed by atoms with Crippen molar-refractivity contribution in [2.24, 2.45) is 0 Å². The molecule has 3 rings (SSSR count). The molecule has 0 spiro atoms. The number of rotatable bonds is 2. The quantitative estimate of drug-likeness (QED) is 0.822. The zero-order valence-electron chi connectivity index (χ0n) is 11.2. The van der Waals surface area contributed by atoms with E-state index in [1.54, 1.807) is 7.11 Å². The molecule has 2 aliphatic heterocycles. The fraction of sp³-hybridized carbons (Fsp3) is 0.538. The van der Waals surface area contributed by atoms with Crippen molar-refractivity contribution >= 4 is 27.8 Å². The van der Waals surface area contributed by atoms with E-state index in [9.17, 15) is 4.79 Å². The number of cyclic esters (lactones) is 1. The molecule has 0 radical (unpaired) electrons. The molecule has 1 atom stereocenters. The average Bonchev–Trinajstić information content (AvgIpc) is 2.46. The first-order valence-corrected chi connectivity index (χ1v) is 7.36. The van der Waals surface area contributed by atoms with Gasteiger partial charge in [-0.05, 0) is 6.07 Å². The van der Waals surface area contributed by atoms with E-state index >= 15 is 0 Å². The van der Waals surface area contributed by atoms with Crippen LogP contribution < -0.4 is 9.64 Å². The summed E-state index contributed by atoms with van der Waals surface area (Å²) in [6.45, 7) is 2.70. The number of amides is 1. The maximum absolute atomic E-state index is 11.7. The van der Waals surface area contributed by atoms with Crippen LogP contribution in [0.25, 0.3) is 0 Å². The predicted octanol–water partition coefficient (Wildman–Crippen LogP) is 1.88. The molecule has 20 heavy (non-hydrogen) atoms. The summed E-state index contributed by atoms with van der Waals surface area (Å²) < 4.78 is 11.2. The third-order valence-corrected chi connectivity index (χ3v) is 4.14. The molecule has 1 aromatic heterocycles. The van der Waals surface area contributed by atoms with E-state index in [0.29, 0.717) is 19.0 Å². The van der Waals surface area contributed by atoms with Crippen molar-refractivity contribution in [3.63, 3.8) is 0 Å². The molecule has 7 heteroatoms. The minimum absolute atomic E-state index is 0.194. The van der Waals surface area contributed by atoms with Crippen LogP contribution in [0, 0.1) is 0 Å². The van der Waals surface area contributed by atoms with Crippen LogP contribution in [0.15, 0.2) is 16.6 Å². The second-order valence-electron chi connectivity index (χ2n) is 4.88. The van der Waals surface area contributed by atoms with Gasteiger partial charge in [0, 0.05) is 36.6 Å². The van der Waals surface area contributed by atoms with Gasteiger partial charge in [0.2, 0.25) is 5.88 Å². The van der Waals surface area contributed by atoms with Crippen LogP contribution in [-0.4, -0.2) is 55.4 Å². The number of hydrogen-bond donors (Lipinski definition) is 0. The standard InChI is InChI=1S/C13H16BrN3O3/c1-19-12-7-9(14)6-11(15-12)16-3-4-17-10(8-16)2-5-20-13(17)18/h6-7,10H,2-5,8H2,1H3. The summed E-state index contributed by atoms with van der Waals surface area (Å²) in [5, 5.41) is 0.